The van der Waals surface area contributed by atoms with Gasteiger partial charge in [-0.05, 0) is 42.7 Å². The largest absolute Gasteiger partial charge is 0.496 e. The summed E-state index contributed by atoms with van der Waals surface area (Å²) in [5, 5.41) is 0. The van der Waals surface area contributed by atoms with Crippen LogP contribution in [-0.2, 0) is 9.47 Å². The molecular formula is C17H22O3. The van der Waals surface area contributed by atoms with Crippen molar-refractivity contribution in [2.45, 2.75) is 19.8 Å². The Bertz CT molecular complexity index is 472. The Morgan fingerprint density at radius 2 is 1.75 bits per heavy atom. The summed E-state index contributed by atoms with van der Waals surface area (Å²) in [7, 11) is 1.68. The van der Waals surface area contributed by atoms with Gasteiger partial charge in [0.2, 0.25) is 0 Å². The molecule has 0 heterocycles. The highest BCUT2D eigenvalue weighted by molar-refractivity contribution is 5.68. The molecule has 1 aliphatic rings. The van der Waals surface area contributed by atoms with Crippen LogP contribution in [0.3, 0.4) is 0 Å². The average molecular weight is 274 g/mol. The third kappa shape index (κ3) is 4.14. The van der Waals surface area contributed by atoms with Crippen molar-refractivity contribution in [3.8, 4) is 5.75 Å². The summed E-state index contributed by atoms with van der Waals surface area (Å²) in [6.07, 6.45) is 6.15. The van der Waals surface area contributed by atoms with Gasteiger partial charge in [-0.2, -0.15) is 0 Å². The van der Waals surface area contributed by atoms with Gasteiger partial charge in [-0.1, -0.05) is 18.2 Å². The first-order valence-corrected chi connectivity index (χ1v) is 7.08. The van der Waals surface area contributed by atoms with E-state index in [1.54, 1.807) is 7.11 Å². The molecule has 0 saturated heterocycles. The number of benzene rings is 1. The van der Waals surface area contributed by atoms with Crippen LogP contribution in [0.5, 0.6) is 5.75 Å². The molecule has 20 heavy (non-hydrogen) atoms. The van der Waals surface area contributed by atoms with Crippen LogP contribution in [-0.4, -0.2) is 26.9 Å². The van der Waals surface area contributed by atoms with Crippen molar-refractivity contribution in [3.05, 3.63) is 47.7 Å². The lowest BCUT2D eigenvalue weighted by Crippen LogP contribution is -2.03. The van der Waals surface area contributed by atoms with Gasteiger partial charge in [-0.25, -0.2) is 0 Å². The second-order valence-corrected chi connectivity index (χ2v) is 4.62. The number of rotatable bonds is 7. The fraction of sp³-hybridized carbons (Fsp3) is 0.412. The Labute approximate surface area is 120 Å². The zero-order valence-electron chi connectivity index (χ0n) is 12.2. The summed E-state index contributed by atoms with van der Waals surface area (Å²) in [5.74, 6) is 1.96. The van der Waals surface area contributed by atoms with Gasteiger partial charge in [-0.3, -0.25) is 0 Å². The van der Waals surface area contributed by atoms with Crippen LogP contribution in [0.15, 0.2) is 42.2 Å². The Balaban J connectivity index is 1.96. The molecule has 0 saturated carbocycles. The molecule has 1 aromatic carbocycles. The number of hydrogen-bond acceptors (Lipinski definition) is 3. The molecule has 0 unspecified atom stereocenters. The molecule has 3 nitrogen and oxygen atoms in total. The highest BCUT2D eigenvalue weighted by atomic mass is 16.5. The van der Waals surface area contributed by atoms with Gasteiger partial charge in [0.05, 0.1) is 19.0 Å². The highest BCUT2D eigenvalue weighted by Gasteiger charge is 2.09. The van der Waals surface area contributed by atoms with Crippen molar-refractivity contribution in [3.63, 3.8) is 0 Å². The maximum atomic E-state index is 5.63. The van der Waals surface area contributed by atoms with Crippen LogP contribution in [0.2, 0.25) is 0 Å². The Hall–Kier alpha value is -1.74. The Kier molecular flexibility index (Phi) is 5.69. The minimum absolute atomic E-state index is 0.620. The van der Waals surface area contributed by atoms with Crippen LogP contribution in [0, 0.1) is 0 Å². The molecule has 0 aromatic heterocycles. The first-order chi connectivity index (χ1) is 9.83. The minimum atomic E-state index is 0.620. The molecule has 0 amide bonds. The van der Waals surface area contributed by atoms with Crippen LogP contribution < -0.4 is 4.74 Å². The molecule has 3 heteroatoms. The molecule has 0 radical (unpaired) electrons. The van der Waals surface area contributed by atoms with Crippen LogP contribution in [0.25, 0.3) is 5.57 Å². The second-order valence-electron chi connectivity index (χ2n) is 4.62. The van der Waals surface area contributed by atoms with Gasteiger partial charge in [0.25, 0.3) is 0 Å². The normalized spacial score (nSPS) is 14.5. The van der Waals surface area contributed by atoms with Gasteiger partial charge in [0.15, 0.2) is 0 Å². The number of ether oxygens (including phenoxy) is 3. The molecule has 1 aromatic rings. The number of allylic oxidation sites excluding steroid dienone is 4. The Morgan fingerprint density at radius 1 is 0.950 bits per heavy atom. The standard InChI is InChI=1S/C17H22O3/c1-3-19-16-8-4-14(5-9-16)15-6-10-17(11-7-15)20-13-12-18-2/h4-6,8-10H,3,7,11-13H2,1-2H3. The van der Waals surface area contributed by atoms with Gasteiger partial charge in [0.1, 0.15) is 12.4 Å². The second kappa shape index (κ2) is 7.75. The van der Waals surface area contributed by atoms with E-state index in [0.717, 1.165) is 24.4 Å². The van der Waals surface area contributed by atoms with E-state index in [1.807, 2.05) is 19.1 Å². The lowest BCUT2D eigenvalue weighted by Gasteiger charge is -2.16. The van der Waals surface area contributed by atoms with Gasteiger partial charge >= 0.3 is 0 Å². The van der Waals surface area contributed by atoms with Gasteiger partial charge < -0.3 is 14.2 Å². The van der Waals surface area contributed by atoms with E-state index < -0.39 is 0 Å². The van der Waals surface area contributed by atoms with Gasteiger partial charge in [-0.15, -0.1) is 0 Å². The first kappa shape index (κ1) is 14.7. The first-order valence-electron chi connectivity index (χ1n) is 7.08. The molecule has 108 valence electrons. The molecule has 0 bridgehead atoms. The zero-order valence-corrected chi connectivity index (χ0v) is 12.2. The molecule has 0 spiro atoms. The fourth-order valence-corrected chi connectivity index (χ4v) is 2.17. The number of hydrogen-bond donors (Lipinski definition) is 0. The third-order valence-electron chi connectivity index (χ3n) is 3.22. The van der Waals surface area contributed by atoms with Crippen molar-refractivity contribution < 1.29 is 14.2 Å². The van der Waals surface area contributed by atoms with Crippen LogP contribution in [0.1, 0.15) is 25.3 Å². The summed E-state index contributed by atoms with van der Waals surface area (Å²) in [6, 6.07) is 8.27. The maximum Gasteiger partial charge on any atom is 0.119 e. The summed E-state index contributed by atoms with van der Waals surface area (Å²) in [5.41, 5.74) is 2.59. The fourth-order valence-electron chi connectivity index (χ4n) is 2.17. The van der Waals surface area contributed by atoms with E-state index >= 15 is 0 Å². The lowest BCUT2D eigenvalue weighted by molar-refractivity contribution is 0.106. The smallest absolute Gasteiger partial charge is 0.119 e. The van der Waals surface area contributed by atoms with Crippen molar-refractivity contribution in [2.24, 2.45) is 0 Å². The molecule has 0 atom stereocenters. The topological polar surface area (TPSA) is 27.7 Å². The minimum Gasteiger partial charge on any atom is -0.496 e. The van der Waals surface area contributed by atoms with Gasteiger partial charge in [0, 0.05) is 13.5 Å². The Morgan fingerprint density at radius 3 is 2.35 bits per heavy atom. The quantitative estimate of drug-likeness (QED) is 0.708. The van der Waals surface area contributed by atoms with Crippen LogP contribution in [0.4, 0.5) is 0 Å². The molecule has 1 aliphatic carbocycles. The predicted molar refractivity (Wildman–Crippen MR) is 80.7 cm³/mol. The van der Waals surface area contributed by atoms with E-state index in [2.05, 4.69) is 24.3 Å². The summed E-state index contributed by atoms with van der Waals surface area (Å²) in [6.45, 7) is 3.95. The van der Waals surface area contributed by atoms with E-state index in [4.69, 9.17) is 14.2 Å². The van der Waals surface area contributed by atoms with E-state index in [0.29, 0.717) is 19.8 Å². The van der Waals surface area contributed by atoms with Crippen molar-refractivity contribution >= 4 is 5.57 Å². The number of methoxy groups -OCH3 is 1. The maximum absolute atomic E-state index is 5.63. The van der Waals surface area contributed by atoms with Crippen molar-refractivity contribution in [1.29, 1.82) is 0 Å². The third-order valence-corrected chi connectivity index (χ3v) is 3.22. The summed E-state index contributed by atoms with van der Waals surface area (Å²) >= 11 is 0. The lowest BCUT2D eigenvalue weighted by atomic mass is 9.96. The van der Waals surface area contributed by atoms with E-state index in [9.17, 15) is 0 Å². The average Bonchev–Trinajstić information content (AvgIpc) is 2.49. The monoisotopic (exact) mass is 274 g/mol. The summed E-state index contributed by atoms with van der Waals surface area (Å²) in [4.78, 5) is 0. The SMILES string of the molecule is CCOc1ccc(C2=CC=C(OCCOC)CC2)cc1. The van der Waals surface area contributed by atoms with E-state index in [-0.39, 0.29) is 0 Å². The van der Waals surface area contributed by atoms with Crippen molar-refractivity contribution in [2.75, 3.05) is 26.9 Å². The highest BCUT2D eigenvalue weighted by Crippen LogP contribution is 2.28. The molecule has 0 aliphatic heterocycles. The molecular weight excluding hydrogens is 252 g/mol. The van der Waals surface area contributed by atoms with Crippen molar-refractivity contribution in [1.82, 2.24) is 0 Å². The van der Waals surface area contributed by atoms with Crippen LogP contribution >= 0.6 is 0 Å². The summed E-state index contributed by atoms with van der Waals surface area (Å²) < 4.78 is 16.1. The van der Waals surface area contributed by atoms with E-state index in [1.165, 1.54) is 11.1 Å². The molecule has 0 fully saturated rings. The molecule has 2 rings (SSSR count). The zero-order chi connectivity index (χ0) is 14.2. The predicted octanol–water partition coefficient (Wildman–Crippen LogP) is 3.81. The molecule has 0 N–H and O–H groups in total.